The minimum Gasteiger partial charge on any atom is -0.477 e. The number of carboxylic acids is 1. The number of hydrogen-bond acceptors (Lipinski definition) is 5. The first-order valence-electron chi connectivity index (χ1n) is 6.77. The topological polar surface area (TPSA) is 86.9 Å². The molecule has 0 unspecified atom stereocenters. The van der Waals surface area contributed by atoms with Gasteiger partial charge in [-0.15, -0.1) is 0 Å². The first-order valence-corrected chi connectivity index (χ1v) is 7.50. The largest absolute Gasteiger partial charge is 0.477 e. The predicted molar refractivity (Wildman–Crippen MR) is 88.8 cm³/mol. The van der Waals surface area contributed by atoms with Crippen LogP contribution < -0.4 is 0 Å². The number of benzene rings is 2. The van der Waals surface area contributed by atoms with Crippen LogP contribution in [-0.2, 0) is 4.79 Å². The maximum atomic E-state index is 10.9. The van der Waals surface area contributed by atoms with E-state index in [1.807, 2.05) is 31.2 Å². The maximum absolute atomic E-state index is 10.9. The Morgan fingerprint density at radius 3 is 2.52 bits per heavy atom. The summed E-state index contributed by atoms with van der Waals surface area (Å²) in [6.07, 6.45) is 1.35. The summed E-state index contributed by atoms with van der Waals surface area (Å²) in [7, 11) is 0. The molecule has 0 saturated carbocycles. The van der Waals surface area contributed by atoms with Gasteiger partial charge in [-0.3, -0.25) is 0 Å². The highest BCUT2D eigenvalue weighted by Crippen LogP contribution is 2.29. The molecule has 1 aromatic heterocycles. The fourth-order valence-electron chi connectivity index (χ4n) is 2.29. The number of aromatic nitrogens is 2. The van der Waals surface area contributed by atoms with Crippen LogP contribution in [0.5, 0.6) is 0 Å². The number of aliphatic carboxylic acids is 1. The van der Waals surface area contributed by atoms with Crippen LogP contribution in [0.1, 0.15) is 11.1 Å². The smallest absolute Gasteiger partial charge is 0.346 e. The molecular formula is C17H11N3O2S. The Labute approximate surface area is 136 Å². The zero-order chi connectivity index (χ0) is 16.4. The first-order chi connectivity index (χ1) is 11.1. The van der Waals surface area contributed by atoms with E-state index < -0.39 is 5.97 Å². The average molecular weight is 321 g/mol. The van der Waals surface area contributed by atoms with E-state index in [9.17, 15) is 4.79 Å². The third-order valence-corrected chi connectivity index (χ3v) is 4.03. The van der Waals surface area contributed by atoms with E-state index in [1.54, 1.807) is 18.2 Å². The monoisotopic (exact) mass is 321 g/mol. The van der Waals surface area contributed by atoms with Crippen molar-refractivity contribution in [3.63, 3.8) is 0 Å². The molecule has 6 heteroatoms. The third kappa shape index (κ3) is 2.82. The summed E-state index contributed by atoms with van der Waals surface area (Å²) in [5.74, 6) is -1.23. The third-order valence-electron chi connectivity index (χ3n) is 3.50. The van der Waals surface area contributed by atoms with E-state index in [1.165, 1.54) is 17.8 Å². The molecule has 0 bridgehead atoms. The average Bonchev–Trinajstić information content (AvgIpc) is 3.04. The van der Waals surface area contributed by atoms with Crippen LogP contribution in [0, 0.1) is 18.3 Å². The molecular weight excluding hydrogens is 310 g/mol. The van der Waals surface area contributed by atoms with Crippen molar-refractivity contribution in [2.24, 2.45) is 0 Å². The highest BCUT2D eigenvalue weighted by molar-refractivity contribution is 7.00. The van der Waals surface area contributed by atoms with Gasteiger partial charge in [0.2, 0.25) is 0 Å². The lowest BCUT2D eigenvalue weighted by atomic mass is 10.0. The summed E-state index contributed by atoms with van der Waals surface area (Å²) < 4.78 is 8.67. The van der Waals surface area contributed by atoms with E-state index in [0.717, 1.165) is 27.7 Å². The number of carbonyl (C=O) groups is 1. The summed E-state index contributed by atoms with van der Waals surface area (Å²) in [5, 5.41) is 17.7. The van der Waals surface area contributed by atoms with Crippen molar-refractivity contribution < 1.29 is 9.90 Å². The Hall–Kier alpha value is -3.04. The van der Waals surface area contributed by atoms with Gasteiger partial charge < -0.3 is 5.11 Å². The molecule has 3 aromatic rings. The highest BCUT2D eigenvalue weighted by Gasteiger charge is 2.10. The summed E-state index contributed by atoms with van der Waals surface area (Å²) in [4.78, 5) is 10.9. The fourth-order valence-corrected chi connectivity index (χ4v) is 2.91. The van der Waals surface area contributed by atoms with Crippen LogP contribution in [0.25, 0.3) is 28.2 Å². The SMILES string of the molecule is Cc1ccc(-c2ccc(/C=C(\C#N)C(=O)O)cc2)c2nsnc12. The lowest BCUT2D eigenvalue weighted by Crippen LogP contribution is -1.97. The molecule has 0 saturated heterocycles. The molecule has 0 spiro atoms. The molecule has 0 radical (unpaired) electrons. The van der Waals surface area contributed by atoms with Crippen molar-refractivity contribution in [1.82, 2.24) is 8.75 Å². The Balaban J connectivity index is 2.03. The molecule has 1 heterocycles. The lowest BCUT2D eigenvalue weighted by Gasteiger charge is -2.04. The molecule has 0 aliphatic rings. The standard InChI is InChI=1S/C17H11N3O2S/c1-10-2-7-14(16-15(10)19-23-20-16)12-5-3-11(4-6-12)8-13(9-18)17(21)22/h2-8H,1H3,(H,21,22)/b13-8+. The van der Waals surface area contributed by atoms with E-state index >= 15 is 0 Å². The number of hydrogen-bond donors (Lipinski definition) is 1. The number of carboxylic acid groups (broad SMARTS) is 1. The lowest BCUT2D eigenvalue weighted by molar-refractivity contribution is -0.132. The van der Waals surface area contributed by atoms with Gasteiger partial charge in [0.1, 0.15) is 22.7 Å². The second-order valence-electron chi connectivity index (χ2n) is 4.99. The number of aryl methyl sites for hydroxylation is 1. The molecule has 0 amide bonds. The normalized spacial score (nSPS) is 11.4. The van der Waals surface area contributed by atoms with Crippen molar-refractivity contribution in [2.45, 2.75) is 6.92 Å². The number of nitrogens with zero attached hydrogens (tertiary/aromatic N) is 3. The van der Waals surface area contributed by atoms with Crippen molar-refractivity contribution >= 4 is 34.8 Å². The molecule has 2 aromatic carbocycles. The number of rotatable bonds is 3. The molecule has 5 nitrogen and oxygen atoms in total. The van der Waals surface area contributed by atoms with Gasteiger partial charge in [-0.1, -0.05) is 36.4 Å². The van der Waals surface area contributed by atoms with Gasteiger partial charge in [-0.25, -0.2) is 4.79 Å². The van der Waals surface area contributed by atoms with Gasteiger partial charge >= 0.3 is 5.97 Å². The van der Waals surface area contributed by atoms with Gasteiger partial charge in [-0.2, -0.15) is 14.0 Å². The van der Waals surface area contributed by atoms with E-state index in [4.69, 9.17) is 10.4 Å². The van der Waals surface area contributed by atoms with Gasteiger partial charge in [0.05, 0.1) is 11.7 Å². The van der Waals surface area contributed by atoms with Crippen molar-refractivity contribution in [3.05, 3.63) is 53.1 Å². The van der Waals surface area contributed by atoms with Crippen LogP contribution in [0.4, 0.5) is 0 Å². The molecule has 0 aliphatic heterocycles. The fraction of sp³-hybridized carbons (Fsp3) is 0.0588. The van der Waals surface area contributed by atoms with Crippen molar-refractivity contribution in [1.29, 1.82) is 5.26 Å². The Bertz CT molecular complexity index is 966. The Morgan fingerprint density at radius 1 is 1.17 bits per heavy atom. The quantitative estimate of drug-likeness (QED) is 0.587. The second-order valence-corrected chi connectivity index (χ2v) is 5.52. The molecule has 23 heavy (non-hydrogen) atoms. The summed E-state index contributed by atoms with van der Waals surface area (Å²) >= 11 is 1.18. The van der Waals surface area contributed by atoms with Crippen LogP contribution in [-0.4, -0.2) is 19.8 Å². The Morgan fingerprint density at radius 2 is 1.87 bits per heavy atom. The highest BCUT2D eigenvalue weighted by atomic mass is 32.1. The Kier molecular flexibility index (Phi) is 3.87. The minimum absolute atomic E-state index is 0.292. The second kappa shape index (κ2) is 5.99. The van der Waals surface area contributed by atoms with Crippen molar-refractivity contribution in [2.75, 3.05) is 0 Å². The molecule has 3 rings (SSSR count). The summed E-state index contributed by atoms with van der Waals surface area (Å²) in [5.41, 5.74) is 5.15. The number of fused-ring (bicyclic) bond motifs is 1. The van der Waals surface area contributed by atoms with Crippen molar-refractivity contribution in [3.8, 4) is 17.2 Å². The van der Waals surface area contributed by atoms with Crippen LogP contribution in [0.3, 0.4) is 0 Å². The molecule has 0 atom stereocenters. The predicted octanol–water partition coefficient (Wildman–Crippen LogP) is 3.66. The van der Waals surface area contributed by atoms with Gasteiger partial charge in [0.25, 0.3) is 0 Å². The molecule has 0 fully saturated rings. The summed E-state index contributed by atoms with van der Waals surface area (Å²) in [6, 6.07) is 13.0. The number of nitriles is 1. The first kappa shape index (κ1) is 14.9. The zero-order valence-electron chi connectivity index (χ0n) is 12.1. The van der Waals surface area contributed by atoms with Gasteiger partial charge in [-0.05, 0) is 29.7 Å². The van der Waals surface area contributed by atoms with E-state index in [2.05, 4.69) is 8.75 Å². The maximum Gasteiger partial charge on any atom is 0.346 e. The van der Waals surface area contributed by atoms with Gasteiger partial charge in [0, 0.05) is 5.56 Å². The van der Waals surface area contributed by atoms with E-state index in [0.29, 0.717) is 5.56 Å². The van der Waals surface area contributed by atoms with E-state index in [-0.39, 0.29) is 5.57 Å². The van der Waals surface area contributed by atoms with Crippen LogP contribution >= 0.6 is 11.7 Å². The molecule has 1 N–H and O–H groups in total. The molecule has 0 aliphatic carbocycles. The van der Waals surface area contributed by atoms with Crippen LogP contribution in [0.15, 0.2) is 42.0 Å². The minimum atomic E-state index is -1.23. The summed E-state index contributed by atoms with van der Waals surface area (Å²) in [6.45, 7) is 2.00. The molecule has 112 valence electrons. The van der Waals surface area contributed by atoms with Gasteiger partial charge in [0.15, 0.2) is 0 Å². The van der Waals surface area contributed by atoms with Crippen LogP contribution in [0.2, 0.25) is 0 Å². The zero-order valence-corrected chi connectivity index (χ0v) is 13.0.